The van der Waals surface area contributed by atoms with Gasteiger partial charge in [0, 0.05) is 29.7 Å². The third-order valence-electron chi connectivity index (χ3n) is 3.86. The van der Waals surface area contributed by atoms with Crippen molar-refractivity contribution < 1.29 is 23.5 Å². The van der Waals surface area contributed by atoms with Gasteiger partial charge < -0.3 is 23.5 Å². The predicted molar refractivity (Wildman–Crippen MR) is 83.3 cm³/mol. The average Bonchev–Trinajstić information content (AvgIpc) is 2.55. The quantitative estimate of drug-likeness (QED) is 0.798. The number of ether oxygens (including phenoxy) is 3. The summed E-state index contributed by atoms with van der Waals surface area (Å²) in [6.07, 6.45) is 0.613. The van der Waals surface area contributed by atoms with Crippen LogP contribution in [0.4, 0.5) is 0 Å². The van der Waals surface area contributed by atoms with Crippen molar-refractivity contribution in [2.24, 2.45) is 5.41 Å². The molecule has 0 atom stereocenters. The van der Waals surface area contributed by atoms with E-state index < -0.39 is 7.12 Å². The van der Waals surface area contributed by atoms with Gasteiger partial charge in [-0.25, -0.2) is 0 Å². The fourth-order valence-electron chi connectivity index (χ4n) is 2.64. The zero-order valence-electron chi connectivity index (χ0n) is 13.5. The maximum absolute atomic E-state index is 5.88. The molecule has 120 valence electrons. The summed E-state index contributed by atoms with van der Waals surface area (Å²) in [5.74, 6) is 0.754. The Hall–Kier alpha value is -1.08. The van der Waals surface area contributed by atoms with Crippen LogP contribution in [0.5, 0.6) is 5.75 Å². The topological polar surface area (TPSA) is 46.2 Å². The van der Waals surface area contributed by atoms with Crippen LogP contribution >= 0.6 is 0 Å². The number of rotatable bonds is 3. The summed E-state index contributed by atoms with van der Waals surface area (Å²) >= 11 is 0. The SMILES string of the molecule is COc1ccc(C2OCCCO2)cc1B1OCC(C)(C)CO1. The monoisotopic (exact) mass is 306 g/mol. The molecule has 0 unspecified atom stereocenters. The lowest BCUT2D eigenvalue weighted by Gasteiger charge is -2.33. The number of methoxy groups -OCH3 is 1. The molecule has 1 aromatic rings. The van der Waals surface area contributed by atoms with Gasteiger partial charge in [0.1, 0.15) is 5.75 Å². The molecule has 0 spiro atoms. The molecule has 2 aliphatic heterocycles. The third kappa shape index (κ3) is 3.46. The van der Waals surface area contributed by atoms with E-state index in [1.807, 2.05) is 18.2 Å². The zero-order valence-corrected chi connectivity index (χ0v) is 13.5. The Morgan fingerprint density at radius 3 is 2.45 bits per heavy atom. The van der Waals surface area contributed by atoms with Crippen LogP contribution in [-0.4, -0.2) is 40.7 Å². The van der Waals surface area contributed by atoms with Crippen LogP contribution in [-0.2, 0) is 18.8 Å². The molecule has 2 heterocycles. The Bertz CT molecular complexity index is 503. The summed E-state index contributed by atoms with van der Waals surface area (Å²) in [7, 11) is 1.24. The van der Waals surface area contributed by atoms with Gasteiger partial charge in [-0.3, -0.25) is 0 Å². The number of hydrogen-bond acceptors (Lipinski definition) is 5. The van der Waals surface area contributed by atoms with Crippen molar-refractivity contribution in [2.45, 2.75) is 26.6 Å². The highest BCUT2D eigenvalue weighted by Crippen LogP contribution is 2.26. The second-order valence-corrected chi connectivity index (χ2v) is 6.55. The predicted octanol–water partition coefficient (Wildman–Crippen LogP) is 1.90. The molecule has 0 radical (unpaired) electrons. The standard InChI is InChI=1S/C16H23BO5/c1-16(2)10-21-17(22-11-16)13-9-12(5-6-14(13)18-3)15-19-7-4-8-20-15/h5-6,9,15H,4,7-8,10-11H2,1-3H3. The van der Waals surface area contributed by atoms with E-state index in [4.69, 9.17) is 23.5 Å². The highest BCUT2D eigenvalue weighted by molar-refractivity contribution is 6.62. The molecule has 0 amide bonds. The van der Waals surface area contributed by atoms with Crippen LogP contribution in [0, 0.1) is 5.41 Å². The Balaban J connectivity index is 1.82. The van der Waals surface area contributed by atoms with Crippen LogP contribution < -0.4 is 10.2 Å². The molecule has 0 saturated carbocycles. The minimum Gasteiger partial charge on any atom is -0.497 e. The molecule has 0 aliphatic carbocycles. The van der Waals surface area contributed by atoms with E-state index in [0.717, 1.165) is 36.4 Å². The summed E-state index contributed by atoms with van der Waals surface area (Å²) in [4.78, 5) is 0. The molecule has 0 aromatic heterocycles. The van der Waals surface area contributed by atoms with Crippen LogP contribution in [0.1, 0.15) is 32.1 Å². The van der Waals surface area contributed by atoms with Gasteiger partial charge >= 0.3 is 7.12 Å². The van der Waals surface area contributed by atoms with Crippen molar-refractivity contribution in [3.63, 3.8) is 0 Å². The fraction of sp³-hybridized carbons (Fsp3) is 0.625. The first kappa shape index (κ1) is 15.8. The van der Waals surface area contributed by atoms with Crippen LogP contribution in [0.25, 0.3) is 0 Å². The Morgan fingerprint density at radius 2 is 1.82 bits per heavy atom. The summed E-state index contributed by atoms with van der Waals surface area (Å²) in [6, 6.07) is 5.88. The Kier molecular flexibility index (Phi) is 4.73. The lowest BCUT2D eigenvalue weighted by atomic mass is 9.74. The Morgan fingerprint density at radius 1 is 1.14 bits per heavy atom. The maximum atomic E-state index is 5.88. The second-order valence-electron chi connectivity index (χ2n) is 6.55. The second kappa shape index (κ2) is 6.58. The van der Waals surface area contributed by atoms with Gasteiger partial charge in [-0.05, 0) is 12.5 Å². The van der Waals surface area contributed by atoms with Gasteiger partial charge in [0.25, 0.3) is 0 Å². The minimum absolute atomic E-state index is 0.0386. The summed E-state index contributed by atoms with van der Waals surface area (Å²) < 4.78 is 28.5. The van der Waals surface area contributed by atoms with E-state index in [1.54, 1.807) is 7.11 Å². The molecule has 2 aliphatic rings. The highest BCUT2D eigenvalue weighted by atomic mass is 16.7. The molecule has 2 saturated heterocycles. The number of hydrogen-bond donors (Lipinski definition) is 0. The van der Waals surface area contributed by atoms with Gasteiger partial charge in [-0.2, -0.15) is 0 Å². The average molecular weight is 306 g/mol. The van der Waals surface area contributed by atoms with Crippen LogP contribution in [0.15, 0.2) is 18.2 Å². The molecule has 5 nitrogen and oxygen atoms in total. The van der Waals surface area contributed by atoms with E-state index >= 15 is 0 Å². The van der Waals surface area contributed by atoms with E-state index in [0.29, 0.717) is 13.2 Å². The van der Waals surface area contributed by atoms with Crippen molar-refractivity contribution in [3.05, 3.63) is 23.8 Å². The first-order chi connectivity index (χ1) is 10.6. The molecule has 6 heteroatoms. The summed E-state index contributed by atoms with van der Waals surface area (Å²) in [5, 5.41) is 0. The summed E-state index contributed by atoms with van der Waals surface area (Å²) in [6.45, 7) is 7.00. The van der Waals surface area contributed by atoms with Crippen LogP contribution in [0.2, 0.25) is 0 Å². The molecule has 22 heavy (non-hydrogen) atoms. The van der Waals surface area contributed by atoms with E-state index in [-0.39, 0.29) is 11.7 Å². The van der Waals surface area contributed by atoms with Crippen molar-refractivity contribution in [1.82, 2.24) is 0 Å². The molecule has 0 N–H and O–H groups in total. The molecule has 3 rings (SSSR count). The largest absolute Gasteiger partial charge is 0.497 e. The fourth-order valence-corrected chi connectivity index (χ4v) is 2.64. The molecule has 2 fully saturated rings. The van der Waals surface area contributed by atoms with E-state index in [9.17, 15) is 0 Å². The first-order valence-corrected chi connectivity index (χ1v) is 7.73. The van der Waals surface area contributed by atoms with E-state index in [1.165, 1.54) is 0 Å². The van der Waals surface area contributed by atoms with Gasteiger partial charge in [-0.15, -0.1) is 0 Å². The summed E-state index contributed by atoms with van der Waals surface area (Å²) in [5.41, 5.74) is 1.89. The van der Waals surface area contributed by atoms with Gasteiger partial charge in [0.15, 0.2) is 6.29 Å². The Labute approximate surface area is 132 Å². The lowest BCUT2D eigenvalue weighted by Crippen LogP contribution is -2.48. The van der Waals surface area contributed by atoms with Crippen molar-refractivity contribution in [3.8, 4) is 5.75 Å². The lowest BCUT2D eigenvalue weighted by molar-refractivity contribution is -0.183. The van der Waals surface area contributed by atoms with Gasteiger partial charge in [-0.1, -0.05) is 26.0 Å². The molecular weight excluding hydrogens is 283 g/mol. The normalized spacial score (nSPS) is 22.6. The van der Waals surface area contributed by atoms with E-state index in [2.05, 4.69) is 13.8 Å². The molecular formula is C16H23BO5. The molecule has 0 bridgehead atoms. The number of benzene rings is 1. The maximum Gasteiger partial charge on any atom is 0.497 e. The smallest absolute Gasteiger partial charge is 0.497 e. The van der Waals surface area contributed by atoms with Crippen LogP contribution in [0.3, 0.4) is 0 Å². The van der Waals surface area contributed by atoms with Gasteiger partial charge in [0.2, 0.25) is 0 Å². The first-order valence-electron chi connectivity index (χ1n) is 7.73. The minimum atomic E-state index is -0.411. The highest BCUT2D eigenvalue weighted by Gasteiger charge is 2.35. The zero-order chi connectivity index (χ0) is 15.6. The molecule has 1 aromatic carbocycles. The van der Waals surface area contributed by atoms with Crippen molar-refractivity contribution in [2.75, 3.05) is 33.5 Å². The van der Waals surface area contributed by atoms with Crippen molar-refractivity contribution in [1.29, 1.82) is 0 Å². The van der Waals surface area contributed by atoms with Gasteiger partial charge in [0.05, 0.1) is 20.3 Å². The third-order valence-corrected chi connectivity index (χ3v) is 3.86. The van der Waals surface area contributed by atoms with Crippen molar-refractivity contribution >= 4 is 12.6 Å².